The fourth-order valence-corrected chi connectivity index (χ4v) is 1.90. The lowest BCUT2D eigenvalue weighted by Gasteiger charge is -2.33. The first-order valence-corrected chi connectivity index (χ1v) is 8.60. The van der Waals surface area contributed by atoms with Crippen LogP contribution in [0.15, 0.2) is 24.3 Å². The normalized spacial score (nSPS) is 20.6. The van der Waals surface area contributed by atoms with Gasteiger partial charge in [-0.1, -0.05) is 50.5 Å². The fraction of sp³-hybridized carbons (Fsp3) is 0.684. The Morgan fingerprint density at radius 1 is 1.28 bits per heavy atom. The molecule has 0 aliphatic carbocycles. The van der Waals surface area contributed by atoms with Gasteiger partial charge in [-0.15, -0.1) is 0 Å². The number of hydrogen-bond acceptors (Lipinski definition) is 3. The van der Waals surface area contributed by atoms with Crippen LogP contribution in [0.2, 0.25) is 0 Å². The summed E-state index contributed by atoms with van der Waals surface area (Å²) in [7, 11) is 5.61. The maximum absolute atomic E-state index is 13.4. The first-order chi connectivity index (χ1) is 11.3. The lowest BCUT2D eigenvalue weighted by Crippen LogP contribution is -2.50. The van der Waals surface area contributed by atoms with Gasteiger partial charge in [-0.05, 0) is 37.8 Å². The van der Waals surface area contributed by atoms with E-state index >= 15 is 0 Å². The lowest BCUT2D eigenvalue weighted by atomic mass is 9.79. The third kappa shape index (κ3) is 7.42. The SMILES string of the molecule is CC(C)(C)C(C)(C)O.[B]c1cccc(COC2CCNCC2(F)F)c1. The van der Waals surface area contributed by atoms with Crippen molar-refractivity contribution < 1.29 is 18.6 Å². The zero-order valence-electron chi connectivity index (χ0n) is 15.9. The van der Waals surface area contributed by atoms with Crippen LogP contribution in [-0.4, -0.2) is 43.7 Å². The van der Waals surface area contributed by atoms with Crippen molar-refractivity contribution in [3.8, 4) is 0 Å². The predicted molar refractivity (Wildman–Crippen MR) is 98.6 cm³/mol. The van der Waals surface area contributed by atoms with Gasteiger partial charge in [0, 0.05) is 0 Å². The monoisotopic (exact) mass is 353 g/mol. The molecule has 1 saturated heterocycles. The van der Waals surface area contributed by atoms with Crippen LogP contribution in [-0.2, 0) is 11.3 Å². The van der Waals surface area contributed by atoms with Gasteiger partial charge in [-0.2, -0.15) is 0 Å². The maximum Gasteiger partial charge on any atom is 0.285 e. The molecule has 140 valence electrons. The van der Waals surface area contributed by atoms with Crippen molar-refractivity contribution in [1.82, 2.24) is 5.32 Å². The Kier molecular flexibility index (Phi) is 7.60. The van der Waals surface area contributed by atoms with Crippen molar-refractivity contribution in [3.63, 3.8) is 0 Å². The Bertz CT molecular complexity index is 527. The maximum atomic E-state index is 13.4. The van der Waals surface area contributed by atoms with E-state index < -0.39 is 17.6 Å². The Labute approximate surface area is 151 Å². The molecule has 2 rings (SSSR count). The second-order valence-electron chi connectivity index (χ2n) is 8.08. The molecule has 1 fully saturated rings. The highest BCUT2D eigenvalue weighted by Crippen LogP contribution is 2.28. The molecule has 1 aliphatic heterocycles. The van der Waals surface area contributed by atoms with Crippen LogP contribution in [0, 0.1) is 5.41 Å². The van der Waals surface area contributed by atoms with E-state index in [0.29, 0.717) is 18.4 Å². The van der Waals surface area contributed by atoms with E-state index in [0.717, 1.165) is 5.56 Å². The van der Waals surface area contributed by atoms with Gasteiger partial charge in [-0.25, -0.2) is 8.78 Å². The van der Waals surface area contributed by atoms with E-state index in [4.69, 9.17) is 12.6 Å². The molecule has 2 N–H and O–H groups in total. The molecule has 0 bridgehead atoms. The summed E-state index contributed by atoms with van der Waals surface area (Å²) >= 11 is 0. The third-order valence-electron chi connectivity index (χ3n) is 4.65. The average molecular weight is 353 g/mol. The van der Waals surface area contributed by atoms with Crippen LogP contribution in [0.25, 0.3) is 0 Å². The smallest absolute Gasteiger partial charge is 0.285 e. The fourth-order valence-electron chi connectivity index (χ4n) is 1.90. The van der Waals surface area contributed by atoms with Crippen LogP contribution in [0.5, 0.6) is 0 Å². The van der Waals surface area contributed by atoms with Crippen molar-refractivity contribution in [3.05, 3.63) is 29.8 Å². The van der Waals surface area contributed by atoms with E-state index in [-0.39, 0.29) is 18.6 Å². The van der Waals surface area contributed by atoms with E-state index in [2.05, 4.69) is 5.32 Å². The molecule has 1 aromatic rings. The first kappa shape index (κ1) is 22.1. The molecule has 0 amide bonds. The highest BCUT2D eigenvalue weighted by Gasteiger charge is 2.42. The zero-order valence-corrected chi connectivity index (χ0v) is 15.9. The predicted octanol–water partition coefficient (Wildman–Crippen LogP) is 2.80. The van der Waals surface area contributed by atoms with Gasteiger partial charge in [0.1, 0.15) is 14.0 Å². The van der Waals surface area contributed by atoms with E-state index in [1.807, 2.05) is 40.7 Å². The van der Waals surface area contributed by atoms with Gasteiger partial charge in [-0.3, -0.25) is 0 Å². The van der Waals surface area contributed by atoms with Gasteiger partial charge < -0.3 is 15.2 Å². The van der Waals surface area contributed by atoms with Crippen molar-refractivity contribution >= 4 is 13.3 Å². The van der Waals surface area contributed by atoms with Gasteiger partial charge in [0.25, 0.3) is 5.92 Å². The molecule has 1 unspecified atom stereocenters. The minimum Gasteiger partial charge on any atom is -0.390 e. The number of rotatable bonds is 3. The van der Waals surface area contributed by atoms with E-state index in [1.165, 1.54) is 0 Å². The topological polar surface area (TPSA) is 41.5 Å². The molecule has 0 saturated carbocycles. The minimum atomic E-state index is -2.79. The molecular weight excluding hydrogens is 323 g/mol. The largest absolute Gasteiger partial charge is 0.390 e. The number of hydrogen-bond donors (Lipinski definition) is 2. The Balaban J connectivity index is 0.000000333. The summed E-state index contributed by atoms with van der Waals surface area (Å²) in [5.74, 6) is -2.79. The van der Waals surface area contributed by atoms with Crippen LogP contribution < -0.4 is 10.8 Å². The molecule has 1 aromatic carbocycles. The van der Waals surface area contributed by atoms with Gasteiger partial charge >= 0.3 is 0 Å². The molecule has 0 aromatic heterocycles. The Morgan fingerprint density at radius 2 is 1.88 bits per heavy atom. The summed E-state index contributed by atoms with van der Waals surface area (Å²) in [6.45, 7) is 10.1. The molecule has 1 heterocycles. The molecule has 1 aliphatic rings. The summed E-state index contributed by atoms with van der Waals surface area (Å²) in [6.07, 6.45) is -0.680. The second-order valence-corrected chi connectivity index (χ2v) is 8.08. The van der Waals surface area contributed by atoms with Crippen LogP contribution in [0.1, 0.15) is 46.6 Å². The molecule has 25 heavy (non-hydrogen) atoms. The highest BCUT2D eigenvalue weighted by molar-refractivity contribution is 6.32. The molecule has 1 atom stereocenters. The highest BCUT2D eigenvalue weighted by atomic mass is 19.3. The summed E-state index contributed by atoms with van der Waals surface area (Å²) < 4.78 is 32.2. The summed E-state index contributed by atoms with van der Waals surface area (Å²) in [6, 6.07) is 7.09. The number of nitrogens with one attached hydrogen (secondary N) is 1. The number of ether oxygens (including phenoxy) is 1. The van der Waals surface area contributed by atoms with Crippen LogP contribution in [0.3, 0.4) is 0 Å². The molecule has 0 spiro atoms. The number of benzene rings is 1. The molecular formula is C19H30BF2NO2. The standard InChI is InChI=1S/C12H14BF2NO.C7H16O/c13-10-3-1-2-9(6-10)7-17-11-4-5-16-8-12(11,14)15;1-6(2,3)7(4,5)8/h1-3,6,11,16H,4-5,7-8H2;8H,1-5H3. The number of aliphatic hydroxyl groups is 1. The summed E-state index contributed by atoms with van der Waals surface area (Å²) in [5, 5.41) is 12.0. The van der Waals surface area contributed by atoms with Crippen LogP contribution in [0.4, 0.5) is 8.78 Å². The molecule has 6 heteroatoms. The number of piperidine rings is 1. The average Bonchev–Trinajstić information content (AvgIpc) is 2.44. The van der Waals surface area contributed by atoms with E-state index in [1.54, 1.807) is 18.2 Å². The molecule has 3 nitrogen and oxygen atoms in total. The quantitative estimate of drug-likeness (QED) is 0.822. The van der Waals surface area contributed by atoms with Crippen molar-refractivity contribution in [2.75, 3.05) is 13.1 Å². The summed E-state index contributed by atoms with van der Waals surface area (Å²) in [4.78, 5) is 0. The second kappa shape index (κ2) is 8.61. The van der Waals surface area contributed by atoms with E-state index in [9.17, 15) is 13.9 Å². The first-order valence-electron chi connectivity index (χ1n) is 8.60. The van der Waals surface area contributed by atoms with Gasteiger partial charge in [0.15, 0.2) is 0 Å². The third-order valence-corrected chi connectivity index (χ3v) is 4.65. The Hall–Kier alpha value is -0.975. The minimum absolute atomic E-state index is 0.00694. The summed E-state index contributed by atoms with van der Waals surface area (Å²) in [5.41, 5.74) is 0.863. The molecule has 2 radical (unpaired) electrons. The van der Waals surface area contributed by atoms with Crippen molar-refractivity contribution in [1.29, 1.82) is 0 Å². The lowest BCUT2D eigenvalue weighted by molar-refractivity contribution is -0.153. The number of halogens is 2. The van der Waals surface area contributed by atoms with Crippen molar-refractivity contribution in [2.45, 2.75) is 65.3 Å². The van der Waals surface area contributed by atoms with Gasteiger partial charge in [0.05, 0.1) is 18.8 Å². The Morgan fingerprint density at radius 3 is 2.36 bits per heavy atom. The van der Waals surface area contributed by atoms with Crippen LogP contribution >= 0.6 is 0 Å². The number of alkyl halides is 2. The van der Waals surface area contributed by atoms with Gasteiger partial charge in [0.2, 0.25) is 0 Å². The van der Waals surface area contributed by atoms with Crippen molar-refractivity contribution in [2.24, 2.45) is 5.41 Å². The zero-order chi connectivity index (χ0) is 19.3.